The number of ether oxygens (including phenoxy) is 1. The van der Waals surface area contributed by atoms with Crippen LogP contribution in [-0.4, -0.2) is 62.4 Å². The van der Waals surface area contributed by atoms with Crippen LogP contribution in [0.25, 0.3) is 21.3 Å². The second-order valence-electron chi connectivity index (χ2n) is 10.8. The van der Waals surface area contributed by atoms with E-state index in [1.807, 2.05) is 0 Å². The van der Waals surface area contributed by atoms with Gasteiger partial charge in [-0.25, -0.2) is 22.6 Å². The molecule has 1 unspecified atom stereocenters. The third kappa shape index (κ3) is 8.43. The zero-order valence-electron chi connectivity index (χ0n) is 23.1. The van der Waals surface area contributed by atoms with Gasteiger partial charge >= 0.3 is 12.3 Å². The van der Waals surface area contributed by atoms with Gasteiger partial charge in [0, 0.05) is 23.4 Å². The van der Waals surface area contributed by atoms with E-state index in [0.717, 1.165) is 43.1 Å². The van der Waals surface area contributed by atoms with Crippen LogP contribution in [-0.2, 0) is 24.2 Å². The molecule has 2 aliphatic carbocycles. The predicted molar refractivity (Wildman–Crippen MR) is 154 cm³/mol. The number of hydrogen-bond acceptors (Lipinski definition) is 8. The molecule has 0 radical (unpaired) electrons. The van der Waals surface area contributed by atoms with Gasteiger partial charge in [-0.2, -0.15) is 13.2 Å². The summed E-state index contributed by atoms with van der Waals surface area (Å²) in [4.78, 5) is 41.1. The number of anilines is 1. The summed E-state index contributed by atoms with van der Waals surface area (Å²) in [5, 5.41) is 4.88. The van der Waals surface area contributed by atoms with Gasteiger partial charge in [-0.05, 0) is 55.4 Å². The predicted octanol–water partition coefficient (Wildman–Crippen LogP) is 4.86. The molecular formula is C28H28F4N4O6S2. The average molecular weight is 657 g/mol. The van der Waals surface area contributed by atoms with Gasteiger partial charge in [0.05, 0.1) is 35.5 Å². The Hall–Kier alpha value is -3.79. The first kappa shape index (κ1) is 31.6. The average Bonchev–Trinajstić information content (AvgIpc) is 3.89. The van der Waals surface area contributed by atoms with Crippen molar-refractivity contribution in [2.24, 2.45) is 5.92 Å². The molecule has 1 atom stereocenters. The van der Waals surface area contributed by atoms with Crippen LogP contribution in [0.5, 0.6) is 0 Å². The Labute approximate surface area is 253 Å². The molecule has 236 valence electrons. The Kier molecular flexibility index (Phi) is 9.11. The van der Waals surface area contributed by atoms with Crippen LogP contribution >= 0.6 is 11.3 Å². The van der Waals surface area contributed by atoms with Gasteiger partial charge in [-0.1, -0.05) is 12.1 Å². The van der Waals surface area contributed by atoms with Crippen molar-refractivity contribution in [3.8, 4) is 11.1 Å². The minimum atomic E-state index is -4.80. The number of hydrogen-bond donors (Lipinski definition) is 3. The molecule has 3 amide bonds. The number of amides is 3. The zero-order valence-corrected chi connectivity index (χ0v) is 24.7. The fourth-order valence-electron chi connectivity index (χ4n) is 4.24. The smallest absolute Gasteiger partial charge is 0.411 e. The summed E-state index contributed by atoms with van der Waals surface area (Å²) < 4.78 is 85.4. The number of carbonyl (C=O) groups excluding carboxylic acids is 3. The number of fused-ring (bicyclic) bond motifs is 1. The molecule has 2 aliphatic rings. The first-order valence-corrected chi connectivity index (χ1v) is 16.3. The molecule has 3 N–H and O–H groups in total. The largest absolute Gasteiger partial charge is 0.449 e. The lowest BCUT2D eigenvalue weighted by atomic mass is 10.0. The molecule has 2 fully saturated rings. The fraction of sp³-hybridized carbons (Fsp3) is 0.429. The Morgan fingerprint density at radius 2 is 1.77 bits per heavy atom. The first-order chi connectivity index (χ1) is 20.8. The van der Waals surface area contributed by atoms with E-state index in [9.17, 15) is 36.0 Å². The number of halogens is 4. The zero-order chi connectivity index (χ0) is 31.6. The summed E-state index contributed by atoms with van der Waals surface area (Å²) >= 11 is 0.718. The normalized spacial score (nSPS) is 15.9. The molecule has 1 aromatic heterocycles. The summed E-state index contributed by atoms with van der Waals surface area (Å²) in [6.45, 7) is -0.235. The Morgan fingerprint density at radius 3 is 2.41 bits per heavy atom. The van der Waals surface area contributed by atoms with E-state index in [4.69, 9.17) is 4.74 Å². The molecule has 0 bridgehead atoms. The standard InChI is InChI=1S/C28H28F4N4O6S2/c29-20-12-21-22(11-19(20)16-3-5-18(6-4-16)35-27(39)42-14-15-1-2-15)43-26(36-21)24(44(40,41)10-9-28(30,31)32)25(38)33-13-23(37)34-17-7-8-17/h3-6,11-12,15,17,24H,1-2,7-10,13-14H2,(H,33,38)(H,34,37)(H,35,39). The maximum absolute atomic E-state index is 15.2. The van der Waals surface area contributed by atoms with E-state index in [1.165, 1.54) is 6.07 Å². The topological polar surface area (TPSA) is 144 Å². The van der Waals surface area contributed by atoms with Crippen molar-refractivity contribution in [3.05, 3.63) is 47.2 Å². The summed E-state index contributed by atoms with van der Waals surface area (Å²) in [6.07, 6.45) is -3.50. The molecule has 0 aliphatic heterocycles. The summed E-state index contributed by atoms with van der Waals surface area (Å²) in [5.74, 6) is -3.49. The Morgan fingerprint density at radius 1 is 1.07 bits per heavy atom. The van der Waals surface area contributed by atoms with E-state index < -0.39 is 63.7 Å². The number of rotatable bonds is 12. The summed E-state index contributed by atoms with van der Waals surface area (Å²) in [6, 6.07) is 8.58. The van der Waals surface area contributed by atoms with Gasteiger partial charge in [-0.3, -0.25) is 14.9 Å². The van der Waals surface area contributed by atoms with Crippen molar-refractivity contribution in [1.82, 2.24) is 15.6 Å². The van der Waals surface area contributed by atoms with Crippen LogP contribution in [0.1, 0.15) is 42.4 Å². The Balaban J connectivity index is 1.37. The van der Waals surface area contributed by atoms with Gasteiger partial charge in [-0.15, -0.1) is 11.3 Å². The quantitative estimate of drug-likeness (QED) is 0.236. The molecule has 1 heterocycles. The third-order valence-corrected chi connectivity index (χ3v) is 10.1. The number of sulfone groups is 1. The lowest BCUT2D eigenvalue weighted by molar-refractivity contribution is -0.130. The van der Waals surface area contributed by atoms with Crippen molar-refractivity contribution in [2.45, 2.75) is 49.6 Å². The lowest BCUT2D eigenvalue weighted by Gasteiger charge is -2.16. The van der Waals surface area contributed by atoms with Crippen LogP contribution < -0.4 is 16.0 Å². The number of carbonyl (C=O) groups is 3. The molecule has 3 aromatic rings. The van der Waals surface area contributed by atoms with Crippen molar-refractivity contribution in [2.75, 3.05) is 24.2 Å². The van der Waals surface area contributed by atoms with Gasteiger partial charge in [0.2, 0.25) is 11.8 Å². The highest BCUT2D eigenvalue weighted by Gasteiger charge is 2.40. The number of aromatic nitrogens is 1. The first-order valence-electron chi connectivity index (χ1n) is 13.8. The van der Waals surface area contributed by atoms with E-state index >= 15 is 4.39 Å². The SMILES string of the molecule is O=C(CNC(=O)C(c1nc2cc(F)c(-c3ccc(NC(=O)OCC4CC4)cc3)cc2s1)S(=O)(=O)CCC(F)(F)F)NC1CC1. The lowest BCUT2D eigenvalue weighted by Crippen LogP contribution is -2.41. The van der Waals surface area contributed by atoms with E-state index in [-0.39, 0.29) is 26.8 Å². The van der Waals surface area contributed by atoms with Gasteiger partial charge in [0.25, 0.3) is 0 Å². The van der Waals surface area contributed by atoms with Crippen molar-refractivity contribution in [3.63, 3.8) is 0 Å². The number of benzene rings is 2. The van der Waals surface area contributed by atoms with Gasteiger partial charge < -0.3 is 15.4 Å². The highest BCUT2D eigenvalue weighted by Crippen LogP contribution is 2.36. The minimum Gasteiger partial charge on any atom is -0.449 e. The maximum Gasteiger partial charge on any atom is 0.411 e. The number of nitrogens with zero attached hydrogens (tertiary/aromatic N) is 1. The molecule has 10 nitrogen and oxygen atoms in total. The van der Waals surface area contributed by atoms with Crippen molar-refractivity contribution in [1.29, 1.82) is 0 Å². The molecule has 5 rings (SSSR count). The molecule has 16 heteroatoms. The van der Waals surface area contributed by atoms with Crippen LogP contribution in [0.4, 0.5) is 28.0 Å². The number of alkyl halides is 3. The molecule has 2 saturated carbocycles. The molecular weight excluding hydrogens is 628 g/mol. The van der Waals surface area contributed by atoms with Crippen molar-refractivity contribution < 1.29 is 45.1 Å². The summed E-state index contributed by atoms with van der Waals surface area (Å²) in [7, 11) is -4.76. The highest BCUT2D eigenvalue weighted by molar-refractivity contribution is 7.92. The monoisotopic (exact) mass is 656 g/mol. The third-order valence-electron chi connectivity index (χ3n) is 6.94. The molecule has 0 spiro atoms. The van der Waals surface area contributed by atoms with E-state index in [2.05, 4.69) is 20.9 Å². The van der Waals surface area contributed by atoms with Crippen LogP contribution in [0.2, 0.25) is 0 Å². The van der Waals surface area contributed by atoms with E-state index in [1.54, 1.807) is 24.3 Å². The fourth-order valence-corrected chi connectivity index (χ4v) is 7.31. The number of nitrogens with one attached hydrogen (secondary N) is 3. The van der Waals surface area contributed by atoms with Gasteiger partial charge in [0.15, 0.2) is 15.1 Å². The van der Waals surface area contributed by atoms with Crippen molar-refractivity contribution >= 4 is 55.0 Å². The summed E-state index contributed by atoms with van der Waals surface area (Å²) in [5.41, 5.74) is 0.927. The highest BCUT2D eigenvalue weighted by atomic mass is 32.2. The molecule has 44 heavy (non-hydrogen) atoms. The molecule has 0 saturated heterocycles. The van der Waals surface area contributed by atoms with Crippen LogP contribution in [0.15, 0.2) is 36.4 Å². The second kappa shape index (κ2) is 12.7. The van der Waals surface area contributed by atoms with E-state index in [0.29, 0.717) is 23.8 Å². The van der Waals surface area contributed by atoms with Crippen LogP contribution in [0.3, 0.4) is 0 Å². The minimum absolute atomic E-state index is 0.00163. The molecule has 2 aromatic carbocycles. The maximum atomic E-state index is 15.2. The van der Waals surface area contributed by atoms with Crippen LogP contribution in [0, 0.1) is 11.7 Å². The van der Waals surface area contributed by atoms with Gasteiger partial charge in [0.1, 0.15) is 10.8 Å². The number of thiazole rings is 1. The Bertz CT molecular complexity index is 1670. The second-order valence-corrected chi connectivity index (χ2v) is 14.0.